The summed E-state index contributed by atoms with van der Waals surface area (Å²) < 4.78 is 0. The number of hydrogen-bond donors (Lipinski definition) is 0. The van der Waals surface area contributed by atoms with E-state index in [4.69, 9.17) is 6.42 Å². The van der Waals surface area contributed by atoms with Gasteiger partial charge in [-0.1, -0.05) is 13.8 Å². The number of hydrogen-bond acceptors (Lipinski definition) is 0. The average Bonchev–Trinajstić information content (AvgIpc) is 1.93. The third-order valence-electron chi connectivity index (χ3n) is 0.748. The van der Waals surface area contributed by atoms with E-state index in [2.05, 4.69) is 24.7 Å². The van der Waals surface area contributed by atoms with Crippen molar-refractivity contribution in [1.82, 2.24) is 0 Å². The van der Waals surface area contributed by atoms with Gasteiger partial charge in [-0.3, -0.25) is 0 Å². The lowest BCUT2D eigenvalue weighted by molar-refractivity contribution is 0.984. The Bertz CT molecular complexity index is 126. The van der Waals surface area contributed by atoms with Crippen LogP contribution in [0.4, 0.5) is 0 Å². The third-order valence-corrected chi connectivity index (χ3v) is 0.748. The predicted octanol–water partition coefficient (Wildman–Crippen LogP) is 2.84. The number of terminal acetylenes is 1. The van der Waals surface area contributed by atoms with Gasteiger partial charge in [0.1, 0.15) is 0 Å². The zero-order valence-electron chi connectivity index (χ0n) is 7.20. The quantitative estimate of drug-likeness (QED) is 0.486. The van der Waals surface area contributed by atoms with E-state index in [0.717, 1.165) is 19.3 Å². The molecule has 0 aliphatic heterocycles. The molecule has 0 rings (SSSR count). The fraction of sp³-hybridized carbons (Fsp3) is 0.600. The van der Waals surface area contributed by atoms with Crippen molar-refractivity contribution in [2.45, 2.75) is 40.0 Å². The van der Waals surface area contributed by atoms with Gasteiger partial charge in [0.05, 0.1) is 0 Å². The zero-order valence-corrected chi connectivity index (χ0v) is 7.20. The van der Waals surface area contributed by atoms with Gasteiger partial charge in [-0.25, -0.2) is 0 Å². The maximum Gasteiger partial charge on any atom is 0.00834 e. The molecule has 0 aromatic rings. The number of rotatable bonds is 1. The molecule has 0 heteroatoms. The monoisotopic (exact) mass is 136 g/mol. The molecule has 0 aliphatic carbocycles. The molecule has 0 unspecified atom stereocenters. The Morgan fingerprint density at radius 3 is 1.90 bits per heavy atom. The van der Waals surface area contributed by atoms with Crippen LogP contribution in [0.1, 0.15) is 40.0 Å². The molecule has 56 valence electrons. The van der Waals surface area contributed by atoms with E-state index in [1.807, 2.05) is 13.8 Å². The second-order valence-electron chi connectivity index (χ2n) is 1.73. The van der Waals surface area contributed by atoms with Gasteiger partial charge in [0.15, 0.2) is 0 Å². The summed E-state index contributed by atoms with van der Waals surface area (Å²) in [5.41, 5.74) is 0. The van der Waals surface area contributed by atoms with Crippen molar-refractivity contribution in [2.75, 3.05) is 0 Å². The molecule has 0 fully saturated rings. The Labute approximate surface area is 65.0 Å². The molecule has 0 bridgehead atoms. The summed E-state index contributed by atoms with van der Waals surface area (Å²) in [7, 11) is 0. The van der Waals surface area contributed by atoms with E-state index < -0.39 is 0 Å². The Kier molecular flexibility index (Phi) is 18.6. The molecule has 0 N–H and O–H groups in total. The van der Waals surface area contributed by atoms with E-state index in [0.29, 0.717) is 0 Å². The molecule has 0 saturated heterocycles. The molecule has 10 heavy (non-hydrogen) atoms. The molecule has 0 nitrogen and oxygen atoms in total. The minimum absolute atomic E-state index is 0.917. The summed E-state index contributed by atoms with van der Waals surface area (Å²) in [6.45, 7) is 5.96. The van der Waals surface area contributed by atoms with Crippen LogP contribution in [0.2, 0.25) is 0 Å². The zero-order chi connectivity index (χ0) is 8.24. The molecule has 0 atom stereocenters. The third kappa shape index (κ3) is 27.4. The van der Waals surface area contributed by atoms with E-state index in [-0.39, 0.29) is 0 Å². The highest BCUT2D eigenvalue weighted by atomic mass is 13.7. The second kappa shape index (κ2) is 15.7. The lowest BCUT2D eigenvalue weighted by atomic mass is 10.4. The first-order valence-corrected chi connectivity index (χ1v) is 3.66. The molecule has 0 radical (unpaired) electrons. The van der Waals surface area contributed by atoms with Gasteiger partial charge in [-0.2, -0.15) is 0 Å². The molecule has 0 aromatic carbocycles. The summed E-state index contributed by atoms with van der Waals surface area (Å²) in [5.74, 6) is 8.15. The maximum atomic E-state index is 4.89. The minimum atomic E-state index is 0.917. The molecule has 0 aromatic heterocycles. The normalized spacial score (nSPS) is 5.80. The average molecular weight is 136 g/mol. The van der Waals surface area contributed by atoms with Crippen molar-refractivity contribution >= 4 is 0 Å². The van der Waals surface area contributed by atoms with Gasteiger partial charge in [-0.05, 0) is 13.3 Å². The van der Waals surface area contributed by atoms with Crippen molar-refractivity contribution in [1.29, 1.82) is 0 Å². The minimum Gasteiger partial charge on any atom is -0.120 e. The van der Waals surface area contributed by atoms with Crippen molar-refractivity contribution < 1.29 is 0 Å². The molecular formula is C10H16. The topological polar surface area (TPSA) is 0 Å². The van der Waals surface area contributed by atoms with Crippen LogP contribution in [-0.4, -0.2) is 0 Å². The SMILES string of the molecule is C#CCCC.CC#CCC. The summed E-state index contributed by atoms with van der Waals surface area (Å²) >= 11 is 0. The van der Waals surface area contributed by atoms with Crippen molar-refractivity contribution in [3.8, 4) is 24.2 Å². The molecule has 0 spiro atoms. The first kappa shape index (κ1) is 11.9. The van der Waals surface area contributed by atoms with Crippen LogP contribution in [0.25, 0.3) is 0 Å². The van der Waals surface area contributed by atoms with Gasteiger partial charge in [0, 0.05) is 12.8 Å². The standard InChI is InChI=1S/2C5H8/c2*1-3-5-4-2/h3H2,1-2H3;1H,4-5H2,2H3. The van der Waals surface area contributed by atoms with Crippen molar-refractivity contribution in [3.63, 3.8) is 0 Å². The smallest absolute Gasteiger partial charge is 0.00834 e. The van der Waals surface area contributed by atoms with Crippen molar-refractivity contribution in [2.24, 2.45) is 0 Å². The highest BCUT2D eigenvalue weighted by Crippen LogP contribution is 1.77. The summed E-state index contributed by atoms with van der Waals surface area (Å²) in [6.07, 6.45) is 7.90. The Morgan fingerprint density at radius 2 is 1.90 bits per heavy atom. The van der Waals surface area contributed by atoms with Gasteiger partial charge in [-0.15, -0.1) is 24.2 Å². The van der Waals surface area contributed by atoms with E-state index in [1.165, 1.54) is 0 Å². The summed E-state index contributed by atoms with van der Waals surface area (Å²) in [4.78, 5) is 0. The largest absolute Gasteiger partial charge is 0.120 e. The highest BCUT2D eigenvalue weighted by Gasteiger charge is 1.61. The molecule has 0 aliphatic rings. The van der Waals surface area contributed by atoms with Crippen LogP contribution in [-0.2, 0) is 0 Å². The molecule has 0 amide bonds. The second-order valence-corrected chi connectivity index (χ2v) is 1.73. The van der Waals surface area contributed by atoms with Crippen LogP contribution in [0, 0.1) is 24.2 Å². The van der Waals surface area contributed by atoms with Gasteiger partial charge < -0.3 is 0 Å². The van der Waals surface area contributed by atoms with Gasteiger partial charge in [0.2, 0.25) is 0 Å². The van der Waals surface area contributed by atoms with Crippen LogP contribution in [0.3, 0.4) is 0 Å². The maximum absolute atomic E-state index is 4.89. The summed E-state index contributed by atoms with van der Waals surface area (Å²) in [6, 6.07) is 0. The first-order valence-electron chi connectivity index (χ1n) is 3.66. The van der Waals surface area contributed by atoms with Crippen LogP contribution < -0.4 is 0 Å². The van der Waals surface area contributed by atoms with Crippen LogP contribution in [0.5, 0.6) is 0 Å². The molecule has 0 saturated carbocycles. The predicted molar refractivity (Wildman–Crippen MR) is 47.5 cm³/mol. The highest BCUT2D eigenvalue weighted by molar-refractivity contribution is 4.92. The lowest BCUT2D eigenvalue weighted by Gasteiger charge is -1.69. The fourth-order valence-corrected chi connectivity index (χ4v) is 0.321. The lowest BCUT2D eigenvalue weighted by Crippen LogP contribution is -1.53. The first-order chi connectivity index (χ1) is 4.83. The molecule has 0 heterocycles. The Morgan fingerprint density at radius 1 is 1.30 bits per heavy atom. The Balaban J connectivity index is 0. The Hall–Kier alpha value is -0.880. The van der Waals surface area contributed by atoms with Gasteiger partial charge in [0.25, 0.3) is 0 Å². The number of unbranched alkanes of at least 4 members (excludes halogenated alkanes) is 1. The van der Waals surface area contributed by atoms with Crippen molar-refractivity contribution in [3.05, 3.63) is 0 Å². The molecular weight excluding hydrogens is 120 g/mol. The van der Waals surface area contributed by atoms with Gasteiger partial charge >= 0.3 is 0 Å². The summed E-state index contributed by atoms with van der Waals surface area (Å²) in [5, 5.41) is 0. The van der Waals surface area contributed by atoms with Crippen LogP contribution >= 0.6 is 0 Å². The van der Waals surface area contributed by atoms with Crippen LogP contribution in [0.15, 0.2) is 0 Å². The van der Waals surface area contributed by atoms with E-state index in [9.17, 15) is 0 Å². The fourth-order valence-electron chi connectivity index (χ4n) is 0.321. The van der Waals surface area contributed by atoms with E-state index in [1.54, 1.807) is 0 Å². The van der Waals surface area contributed by atoms with E-state index >= 15 is 0 Å².